The molecule has 0 fully saturated rings. The summed E-state index contributed by atoms with van der Waals surface area (Å²) in [6, 6.07) is 0. The fourth-order valence-corrected chi connectivity index (χ4v) is 2.08. The Morgan fingerprint density at radius 2 is 1.29 bits per heavy atom. The molecule has 0 N–H and O–H groups in total. The lowest BCUT2D eigenvalue weighted by Gasteiger charge is -2.31. The van der Waals surface area contributed by atoms with E-state index in [-0.39, 0.29) is 19.1 Å². The Morgan fingerprint density at radius 1 is 0.941 bits per heavy atom. The quantitative estimate of drug-likeness (QED) is 0.510. The molecule has 0 aliphatic heterocycles. The summed E-state index contributed by atoms with van der Waals surface area (Å²) in [5, 5.41) is 0. The SMILES string of the molecule is CCOC(=O)C(C)(C(=O)OCC)C(CC)CC. The molecular weight excluding hydrogens is 220 g/mol. The van der Waals surface area contributed by atoms with Crippen LogP contribution in [0.5, 0.6) is 0 Å². The van der Waals surface area contributed by atoms with Crippen LogP contribution in [0.4, 0.5) is 0 Å². The molecule has 100 valence electrons. The second-order valence-corrected chi connectivity index (χ2v) is 4.16. The van der Waals surface area contributed by atoms with E-state index in [0.717, 1.165) is 12.8 Å². The minimum Gasteiger partial charge on any atom is -0.465 e. The van der Waals surface area contributed by atoms with Crippen LogP contribution in [-0.2, 0) is 19.1 Å². The van der Waals surface area contributed by atoms with Crippen LogP contribution in [0.15, 0.2) is 0 Å². The predicted molar refractivity (Wildman–Crippen MR) is 65.4 cm³/mol. The van der Waals surface area contributed by atoms with Gasteiger partial charge in [0.15, 0.2) is 5.41 Å². The van der Waals surface area contributed by atoms with Crippen molar-refractivity contribution in [3.8, 4) is 0 Å². The van der Waals surface area contributed by atoms with E-state index in [1.807, 2.05) is 13.8 Å². The maximum Gasteiger partial charge on any atom is 0.323 e. The molecule has 17 heavy (non-hydrogen) atoms. The van der Waals surface area contributed by atoms with Gasteiger partial charge in [0.2, 0.25) is 0 Å². The van der Waals surface area contributed by atoms with Gasteiger partial charge in [0.25, 0.3) is 0 Å². The largest absolute Gasteiger partial charge is 0.465 e. The Kier molecular flexibility index (Phi) is 6.85. The molecule has 0 spiro atoms. The van der Waals surface area contributed by atoms with Gasteiger partial charge in [0.1, 0.15) is 0 Å². The summed E-state index contributed by atoms with van der Waals surface area (Å²) >= 11 is 0. The van der Waals surface area contributed by atoms with Crippen LogP contribution in [0.2, 0.25) is 0 Å². The summed E-state index contributed by atoms with van der Waals surface area (Å²) in [6.45, 7) is 9.56. The monoisotopic (exact) mass is 244 g/mol. The van der Waals surface area contributed by atoms with Crippen LogP contribution in [0, 0.1) is 11.3 Å². The summed E-state index contributed by atoms with van der Waals surface area (Å²) in [7, 11) is 0. The summed E-state index contributed by atoms with van der Waals surface area (Å²) in [4.78, 5) is 24.0. The maximum absolute atomic E-state index is 12.0. The van der Waals surface area contributed by atoms with Gasteiger partial charge in [-0.15, -0.1) is 0 Å². The molecule has 0 aromatic heterocycles. The first kappa shape index (κ1) is 15.9. The first-order valence-corrected chi connectivity index (χ1v) is 6.33. The molecule has 0 radical (unpaired) electrons. The lowest BCUT2D eigenvalue weighted by molar-refractivity contribution is -0.175. The maximum atomic E-state index is 12.0. The number of carbonyl (C=O) groups excluding carboxylic acids is 2. The van der Waals surface area contributed by atoms with E-state index in [1.165, 1.54) is 0 Å². The average Bonchev–Trinajstić information content (AvgIpc) is 2.30. The van der Waals surface area contributed by atoms with Gasteiger partial charge in [-0.2, -0.15) is 0 Å². The molecule has 0 heterocycles. The average molecular weight is 244 g/mol. The molecule has 0 aliphatic carbocycles. The van der Waals surface area contributed by atoms with Gasteiger partial charge in [-0.1, -0.05) is 26.7 Å². The van der Waals surface area contributed by atoms with Gasteiger partial charge in [-0.3, -0.25) is 9.59 Å². The van der Waals surface area contributed by atoms with Crippen molar-refractivity contribution in [3.05, 3.63) is 0 Å². The molecule has 0 atom stereocenters. The van der Waals surface area contributed by atoms with Crippen LogP contribution in [0.1, 0.15) is 47.5 Å². The van der Waals surface area contributed by atoms with Crippen LogP contribution < -0.4 is 0 Å². The highest BCUT2D eigenvalue weighted by atomic mass is 16.6. The second kappa shape index (κ2) is 7.30. The topological polar surface area (TPSA) is 52.6 Å². The molecule has 0 saturated heterocycles. The minimum absolute atomic E-state index is 0.0550. The Balaban J connectivity index is 5.17. The molecule has 0 aromatic carbocycles. The lowest BCUT2D eigenvalue weighted by atomic mass is 9.74. The van der Waals surface area contributed by atoms with E-state index < -0.39 is 17.4 Å². The van der Waals surface area contributed by atoms with Crippen molar-refractivity contribution < 1.29 is 19.1 Å². The third-order valence-electron chi connectivity index (χ3n) is 3.20. The molecule has 0 amide bonds. The summed E-state index contributed by atoms with van der Waals surface area (Å²) < 4.78 is 10.0. The molecule has 0 rings (SSSR count). The standard InChI is InChI=1S/C13H24O4/c1-6-10(7-2)13(5,11(14)16-8-3)12(15)17-9-4/h10H,6-9H2,1-5H3. The smallest absolute Gasteiger partial charge is 0.323 e. The Morgan fingerprint density at radius 3 is 1.53 bits per heavy atom. The first-order valence-electron chi connectivity index (χ1n) is 6.33. The molecular formula is C13H24O4. The second-order valence-electron chi connectivity index (χ2n) is 4.16. The van der Waals surface area contributed by atoms with E-state index in [9.17, 15) is 9.59 Å². The number of ether oxygens (including phenoxy) is 2. The summed E-state index contributed by atoms with van der Waals surface area (Å²) in [5.41, 5.74) is -1.18. The Hall–Kier alpha value is -1.06. The number of rotatable bonds is 7. The number of hydrogen-bond acceptors (Lipinski definition) is 4. The highest BCUT2D eigenvalue weighted by molar-refractivity contribution is 6.00. The van der Waals surface area contributed by atoms with Gasteiger partial charge in [-0.25, -0.2) is 0 Å². The zero-order chi connectivity index (χ0) is 13.5. The van der Waals surface area contributed by atoms with Crippen LogP contribution in [0.3, 0.4) is 0 Å². The third-order valence-corrected chi connectivity index (χ3v) is 3.20. The molecule has 0 unspecified atom stereocenters. The van der Waals surface area contributed by atoms with E-state index in [4.69, 9.17) is 9.47 Å². The fraction of sp³-hybridized carbons (Fsp3) is 0.846. The van der Waals surface area contributed by atoms with Crippen molar-refractivity contribution in [2.75, 3.05) is 13.2 Å². The van der Waals surface area contributed by atoms with E-state index >= 15 is 0 Å². The van der Waals surface area contributed by atoms with Crippen molar-refractivity contribution in [3.63, 3.8) is 0 Å². The van der Waals surface area contributed by atoms with Crippen molar-refractivity contribution >= 4 is 11.9 Å². The highest BCUT2D eigenvalue weighted by Gasteiger charge is 2.49. The molecule has 4 nitrogen and oxygen atoms in total. The van der Waals surface area contributed by atoms with Crippen LogP contribution in [-0.4, -0.2) is 25.2 Å². The summed E-state index contributed by atoms with van der Waals surface area (Å²) in [6.07, 6.45) is 1.48. The van der Waals surface area contributed by atoms with Gasteiger partial charge in [-0.05, 0) is 26.7 Å². The van der Waals surface area contributed by atoms with Crippen LogP contribution >= 0.6 is 0 Å². The summed E-state index contributed by atoms with van der Waals surface area (Å²) in [5.74, 6) is -1.01. The van der Waals surface area contributed by atoms with Gasteiger partial charge in [0.05, 0.1) is 13.2 Å². The zero-order valence-electron chi connectivity index (χ0n) is 11.5. The van der Waals surface area contributed by atoms with Crippen molar-refractivity contribution in [1.82, 2.24) is 0 Å². The Bertz CT molecular complexity index is 238. The zero-order valence-corrected chi connectivity index (χ0v) is 11.5. The third kappa shape index (κ3) is 3.45. The molecule has 0 aromatic rings. The lowest BCUT2D eigenvalue weighted by Crippen LogP contribution is -2.45. The van der Waals surface area contributed by atoms with Crippen LogP contribution in [0.25, 0.3) is 0 Å². The predicted octanol–water partition coefficient (Wildman–Crippen LogP) is 2.56. The highest BCUT2D eigenvalue weighted by Crippen LogP contribution is 2.35. The fourth-order valence-electron chi connectivity index (χ4n) is 2.08. The minimum atomic E-state index is -1.18. The molecule has 0 saturated carbocycles. The van der Waals surface area contributed by atoms with Crippen molar-refractivity contribution in [2.45, 2.75) is 47.5 Å². The molecule has 4 heteroatoms. The number of hydrogen-bond donors (Lipinski definition) is 0. The van der Waals surface area contributed by atoms with Crippen molar-refractivity contribution in [2.24, 2.45) is 11.3 Å². The van der Waals surface area contributed by atoms with E-state index in [1.54, 1.807) is 20.8 Å². The number of esters is 2. The van der Waals surface area contributed by atoms with Gasteiger partial charge < -0.3 is 9.47 Å². The number of carbonyl (C=O) groups is 2. The van der Waals surface area contributed by atoms with E-state index in [0.29, 0.717) is 0 Å². The van der Waals surface area contributed by atoms with Gasteiger partial charge in [0, 0.05) is 0 Å². The van der Waals surface area contributed by atoms with E-state index in [2.05, 4.69) is 0 Å². The molecule has 0 bridgehead atoms. The first-order chi connectivity index (χ1) is 7.98. The van der Waals surface area contributed by atoms with Crippen molar-refractivity contribution in [1.29, 1.82) is 0 Å². The normalized spacial score (nSPS) is 11.4. The molecule has 0 aliphatic rings. The Labute approximate surface area is 104 Å². The van der Waals surface area contributed by atoms with Gasteiger partial charge >= 0.3 is 11.9 Å².